The van der Waals surface area contributed by atoms with E-state index in [1.54, 1.807) is 23.2 Å². The monoisotopic (exact) mass is 439 g/mol. The summed E-state index contributed by atoms with van der Waals surface area (Å²) in [5.41, 5.74) is 1.52. The quantitative estimate of drug-likeness (QED) is 0.733. The second kappa shape index (κ2) is 10.7. The van der Waals surface area contributed by atoms with Gasteiger partial charge in [-0.25, -0.2) is 0 Å². The highest BCUT2D eigenvalue weighted by Gasteiger charge is 2.40. The van der Waals surface area contributed by atoms with E-state index in [1.807, 2.05) is 30.3 Å². The fourth-order valence-electron chi connectivity index (χ4n) is 4.30. The molecule has 3 heterocycles. The Morgan fingerprint density at radius 1 is 1.12 bits per heavy atom. The second-order valence-electron chi connectivity index (χ2n) is 8.30. The Kier molecular flexibility index (Phi) is 7.47. The molecule has 0 unspecified atom stereocenters. The van der Waals surface area contributed by atoms with E-state index in [-0.39, 0.29) is 56.2 Å². The summed E-state index contributed by atoms with van der Waals surface area (Å²) in [7, 11) is 0. The average molecular weight is 440 g/mol. The minimum absolute atomic E-state index is 0.0669. The number of nitrogens with zero attached hydrogens (tertiary/aromatic N) is 2. The lowest BCUT2D eigenvalue weighted by Crippen LogP contribution is -2.57. The number of fused-ring (bicyclic) bond motifs is 1. The van der Waals surface area contributed by atoms with Crippen molar-refractivity contribution in [2.45, 2.75) is 50.2 Å². The molecule has 1 aromatic heterocycles. The Morgan fingerprint density at radius 3 is 2.75 bits per heavy atom. The first-order valence-corrected chi connectivity index (χ1v) is 11.0. The highest BCUT2D eigenvalue weighted by Crippen LogP contribution is 2.28. The molecule has 0 saturated carbocycles. The summed E-state index contributed by atoms with van der Waals surface area (Å²) in [5.74, 6) is -0.250. The van der Waals surface area contributed by atoms with Crippen molar-refractivity contribution in [3.05, 3.63) is 66.0 Å². The number of β-amino-alcohol motifs (C(OH)–C–C–N with tert-alkyl or cyclic N) is 1. The zero-order valence-electron chi connectivity index (χ0n) is 17.9. The van der Waals surface area contributed by atoms with Gasteiger partial charge in [-0.3, -0.25) is 14.6 Å². The first-order chi connectivity index (χ1) is 15.6. The van der Waals surface area contributed by atoms with Crippen LogP contribution in [0.25, 0.3) is 0 Å². The minimum Gasteiger partial charge on any atom is -0.389 e. The van der Waals surface area contributed by atoms with Crippen molar-refractivity contribution >= 4 is 11.8 Å². The maximum absolute atomic E-state index is 13.2. The van der Waals surface area contributed by atoms with Gasteiger partial charge in [-0.2, -0.15) is 0 Å². The minimum atomic E-state index is -0.766. The molecule has 2 aromatic rings. The van der Waals surface area contributed by atoms with Crippen LogP contribution in [0.5, 0.6) is 0 Å². The molecule has 2 fully saturated rings. The van der Waals surface area contributed by atoms with Crippen molar-refractivity contribution in [3.8, 4) is 0 Å². The van der Waals surface area contributed by atoms with Crippen LogP contribution in [0.1, 0.15) is 35.2 Å². The van der Waals surface area contributed by atoms with Gasteiger partial charge in [0.1, 0.15) is 6.10 Å². The first kappa shape index (κ1) is 22.4. The third kappa shape index (κ3) is 5.70. The van der Waals surface area contributed by atoms with Gasteiger partial charge < -0.3 is 24.8 Å². The van der Waals surface area contributed by atoms with E-state index in [4.69, 9.17) is 9.47 Å². The van der Waals surface area contributed by atoms with Gasteiger partial charge >= 0.3 is 0 Å². The van der Waals surface area contributed by atoms with E-state index in [1.165, 1.54) is 6.20 Å². The maximum atomic E-state index is 13.2. The van der Waals surface area contributed by atoms with Gasteiger partial charge in [0.25, 0.3) is 5.91 Å². The average Bonchev–Trinajstić information content (AvgIpc) is 2.81. The molecule has 0 bridgehead atoms. The van der Waals surface area contributed by atoms with Crippen LogP contribution in [0.15, 0.2) is 54.9 Å². The first-order valence-electron chi connectivity index (χ1n) is 11.0. The number of carbonyl (C=O) groups is 2. The molecule has 0 aliphatic carbocycles. The van der Waals surface area contributed by atoms with Crippen LogP contribution >= 0.6 is 0 Å². The molecule has 2 aliphatic rings. The molecular weight excluding hydrogens is 410 g/mol. The Balaban J connectivity index is 1.38. The number of hydrogen-bond acceptors (Lipinski definition) is 6. The fraction of sp³-hybridized carbons (Fsp3) is 0.458. The lowest BCUT2D eigenvalue weighted by Gasteiger charge is -2.44. The summed E-state index contributed by atoms with van der Waals surface area (Å²) in [5, 5.41) is 13.2. The Labute approximate surface area is 187 Å². The predicted octanol–water partition coefficient (Wildman–Crippen LogP) is 1.54. The highest BCUT2D eigenvalue weighted by atomic mass is 16.5. The van der Waals surface area contributed by atoms with Crippen LogP contribution in [-0.4, -0.2) is 70.9 Å². The lowest BCUT2D eigenvalue weighted by atomic mass is 9.94. The van der Waals surface area contributed by atoms with Crippen molar-refractivity contribution in [1.29, 1.82) is 0 Å². The summed E-state index contributed by atoms with van der Waals surface area (Å²) in [6.45, 7) is 1.04. The van der Waals surface area contributed by atoms with Crippen LogP contribution in [0.4, 0.5) is 0 Å². The number of aliphatic hydroxyl groups is 1. The van der Waals surface area contributed by atoms with Crippen LogP contribution in [-0.2, 0) is 20.8 Å². The molecule has 2 aliphatic heterocycles. The number of ether oxygens (including phenoxy) is 2. The van der Waals surface area contributed by atoms with Gasteiger partial charge in [0, 0.05) is 25.5 Å². The van der Waals surface area contributed by atoms with E-state index in [9.17, 15) is 14.7 Å². The highest BCUT2D eigenvalue weighted by molar-refractivity contribution is 5.94. The third-order valence-electron chi connectivity index (χ3n) is 5.90. The van der Waals surface area contributed by atoms with Gasteiger partial charge in [-0.15, -0.1) is 0 Å². The zero-order valence-corrected chi connectivity index (χ0v) is 17.9. The van der Waals surface area contributed by atoms with Crippen LogP contribution in [0, 0.1) is 0 Å². The molecule has 2 amide bonds. The van der Waals surface area contributed by atoms with E-state index in [0.717, 1.165) is 5.56 Å². The van der Waals surface area contributed by atoms with Gasteiger partial charge in [0.2, 0.25) is 5.91 Å². The molecule has 0 spiro atoms. The van der Waals surface area contributed by atoms with Crippen molar-refractivity contribution in [2.24, 2.45) is 0 Å². The van der Waals surface area contributed by atoms with Gasteiger partial charge in [0.15, 0.2) is 0 Å². The number of aromatic nitrogens is 1. The molecular formula is C24H29N3O5. The van der Waals surface area contributed by atoms with Crippen LogP contribution in [0.3, 0.4) is 0 Å². The number of nitrogens with one attached hydrogen (secondary N) is 1. The number of hydrogen-bond donors (Lipinski definition) is 2. The van der Waals surface area contributed by atoms with Crippen LogP contribution in [0.2, 0.25) is 0 Å². The topological polar surface area (TPSA) is 101 Å². The van der Waals surface area contributed by atoms with Gasteiger partial charge in [0.05, 0.1) is 43.4 Å². The number of rotatable bonds is 5. The normalized spacial score (nSPS) is 25.8. The molecule has 4 rings (SSSR count). The molecule has 0 radical (unpaired) electrons. The molecule has 2 N–H and O–H groups in total. The molecule has 170 valence electrons. The predicted molar refractivity (Wildman–Crippen MR) is 117 cm³/mol. The summed E-state index contributed by atoms with van der Waals surface area (Å²) >= 11 is 0. The Morgan fingerprint density at radius 2 is 1.97 bits per heavy atom. The number of pyridine rings is 1. The number of amides is 2. The summed E-state index contributed by atoms with van der Waals surface area (Å²) < 4.78 is 11.8. The summed E-state index contributed by atoms with van der Waals surface area (Å²) in [6, 6.07) is 13.0. The van der Waals surface area contributed by atoms with E-state index >= 15 is 0 Å². The largest absolute Gasteiger partial charge is 0.389 e. The van der Waals surface area contributed by atoms with Crippen molar-refractivity contribution in [2.75, 3.05) is 19.8 Å². The second-order valence-corrected chi connectivity index (χ2v) is 8.30. The Bertz CT molecular complexity index is 895. The summed E-state index contributed by atoms with van der Waals surface area (Å²) in [6.07, 6.45) is 3.36. The molecule has 4 atom stereocenters. The zero-order chi connectivity index (χ0) is 22.3. The molecule has 2 saturated heterocycles. The SMILES string of the molecule is O=C(C[C@@H]1CC[C@@H]2[C@H](COC[C@H](O)CN2C(=O)c2cccnc2)O1)NCc1ccccc1. The number of benzene rings is 1. The van der Waals surface area contributed by atoms with Crippen molar-refractivity contribution in [1.82, 2.24) is 15.2 Å². The summed E-state index contributed by atoms with van der Waals surface area (Å²) in [4.78, 5) is 31.3. The third-order valence-corrected chi connectivity index (χ3v) is 5.90. The standard InChI is InChI=1S/C24H29N3O5/c28-19-14-27(24(30)18-7-4-10-25-13-18)21-9-8-20(32-22(21)16-31-15-19)11-23(29)26-12-17-5-2-1-3-6-17/h1-7,10,13,19-22,28H,8-9,11-12,14-16H2,(H,26,29)/t19-,20+,21-,22+/m1/s1. The molecule has 1 aromatic carbocycles. The number of aliphatic hydroxyl groups excluding tert-OH is 1. The number of carbonyl (C=O) groups excluding carboxylic acids is 2. The van der Waals surface area contributed by atoms with E-state index in [0.29, 0.717) is 24.9 Å². The molecule has 32 heavy (non-hydrogen) atoms. The van der Waals surface area contributed by atoms with Crippen LogP contribution < -0.4 is 5.32 Å². The van der Waals surface area contributed by atoms with E-state index < -0.39 is 6.10 Å². The fourth-order valence-corrected chi connectivity index (χ4v) is 4.30. The van der Waals surface area contributed by atoms with Gasteiger partial charge in [-0.05, 0) is 30.5 Å². The van der Waals surface area contributed by atoms with Gasteiger partial charge in [-0.1, -0.05) is 30.3 Å². The Hall–Kier alpha value is -2.81. The maximum Gasteiger partial charge on any atom is 0.255 e. The van der Waals surface area contributed by atoms with Crippen molar-refractivity contribution in [3.63, 3.8) is 0 Å². The lowest BCUT2D eigenvalue weighted by molar-refractivity contribution is -0.151. The smallest absolute Gasteiger partial charge is 0.255 e. The molecule has 8 heteroatoms. The molecule has 8 nitrogen and oxygen atoms in total. The van der Waals surface area contributed by atoms with Crippen molar-refractivity contribution < 1.29 is 24.2 Å². The van der Waals surface area contributed by atoms with E-state index in [2.05, 4.69) is 10.3 Å².